The zero-order valence-corrected chi connectivity index (χ0v) is 22.5. The number of aromatic nitrogens is 3. The van der Waals surface area contributed by atoms with Gasteiger partial charge in [-0.3, -0.25) is 4.90 Å². The third-order valence-corrected chi connectivity index (χ3v) is 7.47. The summed E-state index contributed by atoms with van der Waals surface area (Å²) in [5, 5.41) is 9.79. The second-order valence-electron chi connectivity index (χ2n) is 9.95. The van der Waals surface area contributed by atoms with Crippen molar-refractivity contribution in [3.8, 4) is 5.75 Å². The van der Waals surface area contributed by atoms with Gasteiger partial charge in [-0.05, 0) is 56.8 Å². The number of hydrogen-bond acceptors (Lipinski definition) is 10. The van der Waals surface area contributed by atoms with E-state index >= 15 is 0 Å². The van der Waals surface area contributed by atoms with Crippen molar-refractivity contribution in [1.29, 1.82) is 0 Å². The fraction of sp³-hybridized carbons (Fsp3) is 0.640. The van der Waals surface area contributed by atoms with Crippen LogP contribution in [0.3, 0.4) is 0 Å². The van der Waals surface area contributed by atoms with Crippen LogP contribution in [-0.4, -0.2) is 72.7 Å². The highest BCUT2D eigenvalue weighted by molar-refractivity contribution is 7.90. The number of benzene rings is 1. The topological polar surface area (TPSA) is 121 Å². The maximum Gasteiger partial charge on any atom is 0.233 e. The number of rotatable bonds is 12. The van der Waals surface area contributed by atoms with Crippen molar-refractivity contribution in [1.82, 2.24) is 19.9 Å². The first-order valence-corrected chi connectivity index (χ1v) is 15.2. The van der Waals surface area contributed by atoms with Gasteiger partial charge in [0.05, 0.1) is 0 Å². The number of likely N-dealkylation sites (tertiary alicyclic amines) is 1. The van der Waals surface area contributed by atoms with Crippen LogP contribution >= 0.6 is 0 Å². The fourth-order valence-corrected chi connectivity index (χ4v) is 5.30. The summed E-state index contributed by atoms with van der Waals surface area (Å²) < 4.78 is 42.2. The summed E-state index contributed by atoms with van der Waals surface area (Å²) in [5.74, 6) is 0.401. The molecular weight excluding hydrogens is 497 g/mol. The van der Waals surface area contributed by atoms with Crippen molar-refractivity contribution < 1.29 is 17.5 Å². The molecule has 1 unspecified atom stereocenters. The first-order chi connectivity index (χ1) is 17.8. The van der Waals surface area contributed by atoms with Gasteiger partial charge in [0.2, 0.25) is 17.8 Å². The van der Waals surface area contributed by atoms with Crippen LogP contribution in [0.15, 0.2) is 18.2 Å². The Morgan fingerprint density at radius 1 is 1.00 bits per heavy atom. The maximum atomic E-state index is 14.5. The quantitative estimate of drug-likeness (QED) is 0.367. The number of nitrogens with one attached hydrogen (secondary N) is 3. The molecule has 0 amide bonds. The summed E-state index contributed by atoms with van der Waals surface area (Å²) in [4.78, 5) is 16.1. The van der Waals surface area contributed by atoms with E-state index in [0.717, 1.165) is 38.9 Å². The van der Waals surface area contributed by atoms with Gasteiger partial charge in [-0.15, -0.1) is 0 Å². The van der Waals surface area contributed by atoms with Gasteiger partial charge in [-0.1, -0.05) is 26.2 Å². The maximum absolute atomic E-state index is 14.5. The van der Waals surface area contributed by atoms with Gasteiger partial charge in [0.25, 0.3) is 0 Å². The van der Waals surface area contributed by atoms with Gasteiger partial charge >= 0.3 is 0 Å². The minimum atomic E-state index is -3.39. The molecule has 2 aromatic rings. The minimum Gasteiger partial charge on any atom is -0.475 e. The van der Waals surface area contributed by atoms with Crippen LogP contribution in [0.5, 0.6) is 5.75 Å². The lowest BCUT2D eigenvalue weighted by Crippen LogP contribution is -2.35. The molecule has 0 bridgehead atoms. The first-order valence-electron chi connectivity index (χ1n) is 13.1. The van der Waals surface area contributed by atoms with Gasteiger partial charge in [0.15, 0.2) is 27.3 Å². The van der Waals surface area contributed by atoms with E-state index in [0.29, 0.717) is 29.5 Å². The average Bonchev–Trinajstić information content (AvgIpc) is 3.33. The van der Waals surface area contributed by atoms with E-state index in [4.69, 9.17) is 4.74 Å². The molecule has 0 spiro atoms. The molecule has 4 rings (SSSR count). The molecule has 2 heterocycles. The zero-order valence-electron chi connectivity index (χ0n) is 21.7. The number of nitrogens with zero attached hydrogens (tertiary/aromatic N) is 4. The predicted molar refractivity (Wildman–Crippen MR) is 144 cm³/mol. The standard InChI is InChI=1S/C25H38FN7O3S/c1-3-33-13-7-10-20(33)16-28-24-30-23(27-15-18-8-5-4-6-9-18)31-25(32-24)29-19-11-12-22(21(26)14-19)36-17-37(2,34)35/h11-12,14,18,20H,3-10,13,15-17H2,1-2H3,(H3,27,28,29,30,31,32). The zero-order chi connectivity index (χ0) is 26.3. The smallest absolute Gasteiger partial charge is 0.233 e. The Morgan fingerprint density at radius 3 is 2.38 bits per heavy atom. The van der Waals surface area contributed by atoms with Crippen molar-refractivity contribution in [3.05, 3.63) is 24.0 Å². The van der Waals surface area contributed by atoms with Gasteiger partial charge in [0, 0.05) is 37.1 Å². The van der Waals surface area contributed by atoms with Crippen molar-refractivity contribution in [2.24, 2.45) is 5.92 Å². The molecule has 12 heteroatoms. The molecule has 37 heavy (non-hydrogen) atoms. The van der Waals surface area contributed by atoms with E-state index in [9.17, 15) is 12.8 Å². The number of sulfone groups is 1. The SMILES string of the molecule is CCN1CCCC1CNc1nc(NCC2CCCCC2)nc(Nc2ccc(OCS(C)(=O)=O)c(F)c2)n1. The number of likely N-dealkylation sites (N-methyl/N-ethyl adjacent to an activating group) is 1. The van der Waals surface area contributed by atoms with E-state index in [-0.39, 0.29) is 11.7 Å². The number of hydrogen-bond donors (Lipinski definition) is 3. The Balaban J connectivity index is 1.47. The molecule has 1 saturated heterocycles. The lowest BCUT2D eigenvalue weighted by atomic mass is 9.89. The van der Waals surface area contributed by atoms with Crippen LogP contribution in [0, 0.1) is 11.7 Å². The van der Waals surface area contributed by atoms with Crippen LogP contribution < -0.4 is 20.7 Å². The number of halogens is 1. The molecule has 2 aliphatic rings. The Kier molecular flexibility index (Phi) is 9.36. The lowest BCUT2D eigenvalue weighted by molar-refractivity contribution is 0.277. The van der Waals surface area contributed by atoms with Crippen LogP contribution in [0.25, 0.3) is 0 Å². The highest BCUT2D eigenvalue weighted by Gasteiger charge is 2.23. The molecule has 0 radical (unpaired) electrons. The number of ether oxygens (including phenoxy) is 1. The molecule has 1 aliphatic heterocycles. The minimum absolute atomic E-state index is 0.138. The van der Waals surface area contributed by atoms with Gasteiger partial charge in [0.1, 0.15) is 0 Å². The van der Waals surface area contributed by atoms with Crippen LogP contribution in [-0.2, 0) is 9.84 Å². The van der Waals surface area contributed by atoms with E-state index in [2.05, 4.69) is 42.7 Å². The van der Waals surface area contributed by atoms with E-state index in [1.165, 1.54) is 50.7 Å². The van der Waals surface area contributed by atoms with Crippen LogP contribution in [0.1, 0.15) is 51.9 Å². The largest absolute Gasteiger partial charge is 0.475 e. The number of anilines is 4. The van der Waals surface area contributed by atoms with Crippen LogP contribution in [0.2, 0.25) is 0 Å². The third-order valence-electron chi connectivity index (χ3n) is 6.93. The Bertz CT molecular complexity index is 1150. The third kappa shape index (κ3) is 8.39. The predicted octanol–water partition coefficient (Wildman–Crippen LogP) is 4.02. The molecule has 1 saturated carbocycles. The fourth-order valence-electron chi connectivity index (χ4n) is 4.96. The second kappa shape index (κ2) is 12.7. The summed E-state index contributed by atoms with van der Waals surface area (Å²) in [6, 6.07) is 4.63. The molecule has 1 aliphatic carbocycles. The molecule has 10 nitrogen and oxygen atoms in total. The highest BCUT2D eigenvalue weighted by atomic mass is 32.2. The molecule has 2 fully saturated rings. The van der Waals surface area contributed by atoms with Crippen LogP contribution in [0.4, 0.5) is 27.9 Å². The molecular formula is C25H38FN7O3S. The first kappa shape index (κ1) is 27.3. The highest BCUT2D eigenvalue weighted by Crippen LogP contribution is 2.26. The normalized spacial score (nSPS) is 19.1. The van der Waals surface area contributed by atoms with Crippen molar-refractivity contribution in [2.45, 2.75) is 57.9 Å². The summed E-state index contributed by atoms with van der Waals surface area (Å²) in [6.45, 7) is 5.83. The van der Waals surface area contributed by atoms with E-state index in [1.54, 1.807) is 6.07 Å². The average molecular weight is 536 g/mol. The van der Waals surface area contributed by atoms with E-state index in [1.807, 2.05) is 0 Å². The molecule has 1 aromatic carbocycles. The molecule has 1 atom stereocenters. The van der Waals surface area contributed by atoms with Crippen molar-refractivity contribution in [2.75, 3.05) is 54.3 Å². The van der Waals surface area contributed by atoms with Gasteiger partial charge in [-0.2, -0.15) is 15.0 Å². The van der Waals surface area contributed by atoms with Crippen molar-refractivity contribution in [3.63, 3.8) is 0 Å². The Labute approximate surface area is 218 Å². The second-order valence-corrected chi connectivity index (χ2v) is 12.0. The molecule has 1 aromatic heterocycles. The van der Waals surface area contributed by atoms with Gasteiger partial charge < -0.3 is 20.7 Å². The monoisotopic (exact) mass is 535 g/mol. The molecule has 3 N–H and O–H groups in total. The molecule has 204 valence electrons. The summed E-state index contributed by atoms with van der Waals surface area (Å²) in [6.07, 6.45) is 9.58. The van der Waals surface area contributed by atoms with Crippen molar-refractivity contribution >= 4 is 33.4 Å². The Morgan fingerprint density at radius 2 is 1.70 bits per heavy atom. The summed E-state index contributed by atoms with van der Waals surface area (Å²) in [7, 11) is -3.39. The van der Waals surface area contributed by atoms with E-state index < -0.39 is 21.6 Å². The summed E-state index contributed by atoms with van der Waals surface area (Å²) >= 11 is 0. The summed E-state index contributed by atoms with van der Waals surface area (Å²) in [5.41, 5.74) is 0.410. The van der Waals surface area contributed by atoms with Gasteiger partial charge in [-0.25, -0.2) is 12.8 Å². The lowest BCUT2D eigenvalue weighted by Gasteiger charge is -2.23. The Hall–Kier alpha value is -2.73.